The fourth-order valence-electron chi connectivity index (χ4n) is 3.47. The molecule has 2 unspecified atom stereocenters. The monoisotopic (exact) mass is 280 g/mol. The third-order valence-corrected chi connectivity index (χ3v) is 4.71. The number of benzene rings is 1. The summed E-state index contributed by atoms with van der Waals surface area (Å²) in [5.41, 5.74) is 3.74. The lowest BCUT2D eigenvalue weighted by Crippen LogP contribution is -2.27. The smallest absolute Gasteiger partial charge is 0.133 e. The first-order chi connectivity index (χ1) is 10.3. The van der Waals surface area contributed by atoms with Crippen LogP contribution < -0.4 is 5.32 Å². The first-order valence-electron chi connectivity index (χ1n) is 7.71. The molecule has 0 saturated carbocycles. The summed E-state index contributed by atoms with van der Waals surface area (Å²) in [7, 11) is 0. The fourth-order valence-corrected chi connectivity index (χ4v) is 3.47. The molecule has 0 radical (unpaired) electrons. The highest BCUT2D eigenvalue weighted by molar-refractivity contribution is 5.87. The van der Waals surface area contributed by atoms with E-state index in [4.69, 9.17) is 4.42 Å². The van der Waals surface area contributed by atoms with Gasteiger partial charge in [0.15, 0.2) is 0 Å². The van der Waals surface area contributed by atoms with Crippen molar-refractivity contribution in [1.29, 1.82) is 0 Å². The molecule has 2 aromatic heterocycles. The maximum absolute atomic E-state index is 5.52. The Labute approximate surface area is 124 Å². The average molecular weight is 280 g/mol. The second-order valence-electron chi connectivity index (χ2n) is 5.97. The Morgan fingerprint density at radius 3 is 3.00 bits per heavy atom. The van der Waals surface area contributed by atoms with Gasteiger partial charge >= 0.3 is 0 Å². The summed E-state index contributed by atoms with van der Waals surface area (Å²) in [5.74, 6) is 1.45. The standard InChI is InChI=1S/C18H20N2O/c1-12(16-4-2-8-19-16)15-11-20-17-7-6-13(10-14(15)17)18-5-3-9-21-18/h3,5-7,9-12,16,19-20H,2,4,8H2,1H3. The Bertz CT molecular complexity index is 736. The van der Waals surface area contributed by atoms with Crippen LogP contribution in [0.5, 0.6) is 0 Å². The zero-order valence-electron chi connectivity index (χ0n) is 12.2. The van der Waals surface area contributed by atoms with Crippen molar-refractivity contribution in [2.24, 2.45) is 0 Å². The predicted molar refractivity (Wildman–Crippen MR) is 85.4 cm³/mol. The van der Waals surface area contributed by atoms with Gasteiger partial charge in [0.1, 0.15) is 5.76 Å². The zero-order valence-corrected chi connectivity index (χ0v) is 12.2. The molecule has 0 amide bonds. The number of fused-ring (bicyclic) bond motifs is 1. The van der Waals surface area contributed by atoms with Crippen molar-refractivity contribution in [3.8, 4) is 11.3 Å². The van der Waals surface area contributed by atoms with E-state index in [1.54, 1.807) is 6.26 Å². The second kappa shape index (κ2) is 5.08. The SMILES string of the molecule is CC(c1c[nH]c2ccc(-c3ccco3)cc12)C1CCCN1. The third-order valence-electron chi connectivity index (χ3n) is 4.71. The zero-order chi connectivity index (χ0) is 14.2. The van der Waals surface area contributed by atoms with Crippen molar-refractivity contribution >= 4 is 10.9 Å². The van der Waals surface area contributed by atoms with E-state index in [2.05, 4.69) is 41.6 Å². The van der Waals surface area contributed by atoms with Gasteiger partial charge in [0.05, 0.1) is 6.26 Å². The van der Waals surface area contributed by atoms with Crippen molar-refractivity contribution in [1.82, 2.24) is 10.3 Å². The van der Waals surface area contributed by atoms with Gasteiger partial charge in [-0.15, -0.1) is 0 Å². The molecule has 21 heavy (non-hydrogen) atoms. The highest BCUT2D eigenvalue weighted by atomic mass is 16.3. The number of hydrogen-bond donors (Lipinski definition) is 2. The van der Waals surface area contributed by atoms with E-state index in [1.165, 1.54) is 29.3 Å². The predicted octanol–water partition coefficient (Wildman–Crippen LogP) is 4.28. The van der Waals surface area contributed by atoms with Crippen LogP contribution in [0.1, 0.15) is 31.2 Å². The number of furan rings is 1. The highest BCUT2D eigenvalue weighted by Crippen LogP contribution is 2.33. The molecular weight excluding hydrogens is 260 g/mol. The summed E-state index contributed by atoms with van der Waals surface area (Å²) in [4.78, 5) is 3.41. The summed E-state index contributed by atoms with van der Waals surface area (Å²) in [5, 5.41) is 4.93. The van der Waals surface area contributed by atoms with Crippen LogP contribution in [0.2, 0.25) is 0 Å². The molecule has 3 aromatic rings. The number of H-pyrrole nitrogens is 1. The van der Waals surface area contributed by atoms with E-state index in [0.29, 0.717) is 12.0 Å². The van der Waals surface area contributed by atoms with Gasteiger partial charge < -0.3 is 14.7 Å². The van der Waals surface area contributed by atoms with Crippen molar-refractivity contribution in [2.45, 2.75) is 31.7 Å². The molecule has 0 aliphatic carbocycles. The summed E-state index contributed by atoms with van der Waals surface area (Å²) >= 11 is 0. The van der Waals surface area contributed by atoms with Crippen molar-refractivity contribution in [2.75, 3.05) is 6.54 Å². The van der Waals surface area contributed by atoms with Crippen molar-refractivity contribution in [3.05, 3.63) is 48.4 Å². The maximum Gasteiger partial charge on any atom is 0.133 e. The molecule has 3 nitrogen and oxygen atoms in total. The van der Waals surface area contributed by atoms with Gasteiger partial charge in [-0.1, -0.05) is 6.92 Å². The van der Waals surface area contributed by atoms with Crippen LogP contribution in [-0.2, 0) is 0 Å². The average Bonchev–Trinajstić information content (AvgIpc) is 3.25. The Morgan fingerprint density at radius 1 is 1.29 bits per heavy atom. The molecule has 0 bridgehead atoms. The van der Waals surface area contributed by atoms with Crippen LogP contribution in [0.4, 0.5) is 0 Å². The van der Waals surface area contributed by atoms with Gasteiger partial charge in [0.25, 0.3) is 0 Å². The van der Waals surface area contributed by atoms with Gasteiger partial charge in [-0.3, -0.25) is 0 Å². The molecule has 3 heteroatoms. The topological polar surface area (TPSA) is 41.0 Å². The maximum atomic E-state index is 5.52. The molecule has 1 fully saturated rings. The fraction of sp³-hybridized carbons (Fsp3) is 0.333. The third kappa shape index (κ3) is 2.18. The van der Waals surface area contributed by atoms with Crippen LogP contribution in [0.25, 0.3) is 22.2 Å². The molecule has 1 aliphatic rings. The largest absolute Gasteiger partial charge is 0.464 e. The Kier molecular flexibility index (Phi) is 3.08. The number of rotatable bonds is 3. The lowest BCUT2D eigenvalue weighted by molar-refractivity contribution is 0.520. The molecule has 108 valence electrons. The molecule has 4 rings (SSSR count). The van der Waals surface area contributed by atoms with Gasteiger partial charge in [-0.05, 0) is 61.2 Å². The summed E-state index contributed by atoms with van der Waals surface area (Å²) < 4.78 is 5.52. The molecule has 3 heterocycles. The lowest BCUT2D eigenvalue weighted by atomic mass is 9.91. The van der Waals surface area contributed by atoms with Gasteiger partial charge in [-0.2, -0.15) is 0 Å². The van der Waals surface area contributed by atoms with Crippen LogP contribution in [0.15, 0.2) is 47.2 Å². The minimum Gasteiger partial charge on any atom is -0.464 e. The van der Waals surface area contributed by atoms with Crippen molar-refractivity contribution in [3.63, 3.8) is 0 Å². The van der Waals surface area contributed by atoms with E-state index < -0.39 is 0 Å². The molecular formula is C18H20N2O. The van der Waals surface area contributed by atoms with E-state index in [1.807, 2.05) is 12.1 Å². The van der Waals surface area contributed by atoms with Gasteiger partial charge in [-0.25, -0.2) is 0 Å². The number of nitrogens with one attached hydrogen (secondary N) is 2. The van der Waals surface area contributed by atoms with Crippen LogP contribution in [0, 0.1) is 0 Å². The molecule has 2 atom stereocenters. The van der Waals surface area contributed by atoms with Gasteiger partial charge in [0.2, 0.25) is 0 Å². The minimum absolute atomic E-state index is 0.521. The molecule has 0 spiro atoms. The number of aromatic amines is 1. The quantitative estimate of drug-likeness (QED) is 0.751. The first kappa shape index (κ1) is 12.7. The molecule has 1 aliphatic heterocycles. The molecule has 1 saturated heterocycles. The summed E-state index contributed by atoms with van der Waals surface area (Å²) in [6.45, 7) is 3.47. The van der Waals surface area contributed by atoms with E-state index in [9.17, 15) is 0 Å². The highest BCUT2D eigenvalue weighted by Gasteiger charge is 2.24. The number of hydrogen-bond acceptors (Lipinski definition) is 2. The van der Waals surface area contributed by atoms with E-state index in [0.717, 1.165) is 17.9 Å². The van der Waals surface area contributed by atoms with Crippen LogP contribution in [0.3, 0.4) is 0 Å². The minimum atomic E-state index is 0.521. The van der Waals surface area contributed by atoms with Crippen LogP contribution >= 0.6 is 0 Å². The second-order valence-corrected chi connectivity index (χ2v) is 5.97. The summed E-state index contributed by atoms with van der Waals surface area (Å²) in [6, 6.07) is 11.0. The van der Waals surface area contributed by atoms with Gasteiger partial charge in [0, 0.05) is 28.7 Å². The molecule has 2 N–H and O–H groups in total. The Morgan fingerprint density at radius 2 is 2.24 bits per heavy atom. The van der Waals surface area contributed by atoms with Crippen LogP contribution in [-0.4, -0.2) is 17.6 Å². The Balaban J connectivity index is 1.77. The number of aromatic nitrogens is 1. The van der Waals surface area contributed by atoms with E-state index >= 15 is 0 Å². The normalized spacial score (nSPS) is 20.1. The first-order valence-corrected chi connectivity index (χ1v) is 7.71. The molecule has 1 aromatic carbocycles. The lowest BCUT2D eigenvalue weighted by Gasteiger charge is -2.19. The Hall–Kier alpha value is -2.00. The summed E-state index contributed by atoms with van der Waals surface area (Å²) in [6.07, 6.45) is 6.45. The van der Waals surface area contributed by atoms with E-state index in [-0.39, 0.29) is 0 Å². The van der Waals surface area contributed by atoms with Crippen molar-refractivity contribution < 1.29 is 4.42 Å².